The third kappa shape index (κ3) is 10.6. The first-order valence-corrected chi connectivity index (χ1v) is 11.2. The van der Waals surface area contributed by atoms with Crippen molar-refractivity contribution in [1.29, 1.82) is 0 Å². The lowest BCUT2D eigenvalue weighted by atomic mass is 9.96. The molecule has 1 atom stereocenters. The first-order chi connectivity index (χ1) is 16.0. The van der Waals surface area contributed by atoms with E-state index in [1.165, 1.54) is 11.8 Å². The molecule has 1 amide bonds. The summed E-state index contributed by atoms with van der Waals surface area (Å²) in [6, 6.07) is 6.39. The maximum absolute atomic E-state index is 12.3. The molecule has 11 heteroatoms. The highest BCUT2D eigenvalue weighted by atomic mass is 19.4. The topological polar surface area (TPSA) is 94.5 Å². The van der Waals surface area contributed by atoms with Crippen LogP contribution in [0.1, 0.15) is 45.6 Å². The average molecular weight is 494 g/mol. The van der Waals surface area contributed by atoms with E-state index in [-0.39, 0.29) is 45.9 Å². The van der Waals surface area contributed by atoms with Crippen molar-refractivity contribution in [2.75, 3.05) is 46.1 Å². The van der Waals surface area contributed by atoms with Crippen LogP contribution in [0.4, 0.5) is 18.0 Å². The van der Waals surface area contributed by atoms with Gasteiger partial charge in [-0.25, -0.2) is 9.59 Å². The molecule has 1 aromatic carbocycles. The molecule has 0 heterocycles. The smallest absolute Gasteiger partial charge is 0.411 e. The highest BCUT2D eigenvalue weighted by molar-refractivity contribution is 5.79. The predicted octanol–water partition coefficient (Wildman–Crippen LogP) is 4.61. The van der Waals surface area contributed by atoms with E-state index in [1.54, 1.807) is 31.2 Å². The second-order valence-electron chi connectivity index (χ2n) is 7.62. The number of amides is 1. The number of alkyl halides is 3. The monoisotopic (exact) mass is 493 g/mol. The maximum Gasteiger partial charge on any atom is 0.411 e. The first kappa shape index (κ1) is 29.5. The van der Waals surface area contributed by atoms with Crippen LogP contribution >= 0.6 is 0 Å². The van der Waals surface area contributed by atoms with Crippen LogP contribution in [-0.4, -0.2) is 74.4 Å². The second-order valence-corrected chi connectivity index (χ2v) is 7.62. The van der Waals surface area contributed by atoms with Gasteiger partial charge in [-0.1, -0.05) is 25.5 Å². The number of ether oxygens (including phenoxy) is 4. The van der Waals surface area contributed by atoms with Crippen molar-refractivity contribution in [1.82, 2.24) is 4.90 Å². The number of carboxylic acids is 1. The third-order valence-corrected chi connectivity index (χ3v) is 4.84. The van der Waals surface area contributed by atoms with Crippen molar-refractivity contribution in [3.63, 3.8) is 0 Å². The SMILES string of the molecule is CCCCOC(=O)N(CCCOCC(F)(F)F)CCOc1ccc(C(C)(OCC)C(=O)O)cc1. The van der Waals surface area contributed by atoms with E-state index in [4.69, 9.17) is 14.2 Å². The van der Waals surface area contributed by atoms with Crippen molar-refractivity contribution >= 4 is 12.1 Å². The fourth-order valence-corrected chi connectivity index (χ4v) is 2.93. The van der Waals surface area contributed by atoms with Gasteiger partial charge in [-0.05, 0) is 44.4 Å². The molecule has 194 valence electrons. The Hall–Kier alpha value is -2.53. The number of unbranched alkanes of at least 4 members (excludes halogenated alkanes) is 1. The van der Waals surface area contributed by atoms with E-state index >= 15 is 0 Å². The molecule has 1 unspecified atom stereocenters. The van der Waals surface area contributed by atoms with Crippen molar-refractivity contribution in [2.45, 2.75) is 51.8 Å². The Bertz CT molecular complexity index is 743. The van der Waals surface area contributed by atoms with Crippen LogP contribution in [0.3, 0.4) is 0 Å². The average Bonchev–Trinajstić information content (AvgIpc) is 2.77. The van der Waals surface area contributed by atoms with E-state index in [2.05, 4.69) is 4.74 Å². The molecule has 8 nitrogen and oxygen atoms in total. The van der Waals surface area contributed by atoms with Gasteiger partial charge in [-0.3, -0.25) is 0 Å². The van der Waals surface area contributed by atoms with Gasteiger partial charge in [0.15, 0.2) is 5.60 Å². The van der Waals surface area contributed by atoms with Crippen LogP contribution in [0.2, 0.25) is 0 Å². The summed E-state index contributed by atoms with van der Waals surface area (Å²) in [6.07, 6.45) is -3.21. The standard InChI is InChI=1S/C23H34F3NO7/c1-4-6-15-33-21(30)27(12-7-14-31-17-23(24,25)26)13-16-32-19-10-8-18(9-11-19)22(3,20(28)29)34-5-2/h8-11H,4-7,12-17H2,1-3H3,(H,28,29). The largest absolute Gasteiger partial charge is 0.492 e. The van der Waals surface area contributed by atoms with Crippen LogP contribution in [0, 0.1) is 0 Å². The molecule has 0 aliphatic carbocycles. The molecule has 1 aromatic rings. The van der Waals surface area contributed by atoms with Crippen LogP contribution in [0.15, 0.2) is 24.3 Å². The zero-order valence-corrected chi connectivity index (χ0v) is 19.9. The summed E-state index contributed by atoms with van der Waals surface area (Å²) in [7, 11) is 0. The minimum Gasteiger partial charge on any atom is -0.492 e. The number of benzene rings is 1. The molecule has 0 aliphatic rings. The predicted molar refractivity (Wildman–Crippen MR) is 118 cm³/mol. The molecule has 0 saturated heterocycles. The van der Waals surface area contributed by atoms with E-state index in [1.807, 2.05) is 6.92 Å². The number of nitrogens with zero attached hydrogens (tertiary/aromatic N) is 1. The first-order valence-electron chi connectivity index (χ1n) is 11.2. The van der Waals surface area contributed by atoms with E-state index in [0.717, 1.165) is 6.42 Å². The minimum atomic E-state index is -4.40. The summed E-state index contributed by atoms with van der Waals surface area (Å²) in [6.45, 7) is 4.53. The quantitative estimate of drug-likeness (QED) is 0.336. The number of carboxylic acid groups (broad SMARTS) is 1. The zero-order chi connectivity index (χ0) is 25.6. The Morgan fingerprint density at radius 1 is 1.00 bits per heavy atom. The highest BCUT2D eigenvalue weighted by Gasteiger charge is 2.36. The van der Waals surface area contributed by atoms with Crippen molar-refractivity contribution in [2.24, 2.45) is 0 Å². The summed E-state index contributed by atoms with van der Waals surface area (Å²) >= 11 is 0. The normalized spacial score (nSPS) is 13.2. The fraction of sp³-hybridized carbons (Fsp3) is 0.652. The minimum absolute atomic E-state index is 0.104. The number of hydrogen-bond donors (Lipinski definition) is 1. The summed E-state index contributed by atoms with van der Waals surface area (Å²) in [5, 5.41) is 9.49. The number of carbonyl (C=O) groups is 2. The molecular weight excluding hydrogens is 459 g/mol. The van der Waals surface area contributed by atoms with Crippen LogP contribution < -0.4 is 4.74 Å². The summed E-state index contributed by atoms with van der Waals surface area (Å²) in [5.41, 5.74) is -1.03. The highest BCUT2D eigenvalue weighted by Crippen LogP contribution is 2.27. The molecule has 34 heavy (non-hydrogen) atoms. The van der Waals surface area contributed by atoms with Gasteiger partial charge in [0.1, 0.15) is 19.0 Å². The molecule has 0 spiro atoms. The Morgan fingerprint density at radius 3 is 2.24 bits per heavy atom. The van der Waals surface area contributed by atoms with Gasteiger partial charge in [0.25, 0.3) is 0 Å². The van der Waals surface area contributed by atoms with E-state index in [9.17, 15) is 27.9 Å². The van der Waals surface area contributed by atoms with Gasteiger partial charge in [0.2, 0.25) is 0 Å². The number of halogens is 3. The van der Waals surface area contributed by atoms with Crippen molar-refractivity contribution in [3.05, 3.63) is 29.8 Å². The molecule has 1 rings (SSSR count). The third-order valence-electron chi connectivity index (χ3n) is 4.84. The van der Waals surface area contributed by atoms with Gasteiger partial charge in [0, 0.05) is 19.8 Å². The molecule has 0 fully saturated rings. The maximum atomic E-state index is 12.3. The van der Waals surface area contributed by atoms with Crippen LogP contribution in [0.5, 0.6) is 5.75 Å². The molecule has 0 saturated carbocycles. The molecular formula is C23H34F3NO7. The lowest BCUT2D eigenvalue weighted by Crippen LogP contribution is -2.36. The van der Waals surface area contributed by atoms with Gasteiger partial charge in [0.05, 0.1) is 13.2 Å². The summed E-state index contributed by atoms with van der Waals surface area (Å²) in [5.74, 6) is -0.653. The summed E-state index contributed by atoms with van der Waals surface area (Å²) < 4.78 is 57.4. The summed E-state index contributed by atoms with van der Waals surface area (Å²) in [4.78, 5) is 25.3. The lowest BCUT2D eigenvalue weighted by molar-refractivity contribution is -0.174. The molecule has 0 aliphatic heterocycles. The Kier molecular flexibility index (Phi) is 12.7. The number of carbonyl (C=O) groups excluding carboxylic acids is 1. The van der Waals surface area contributed by atoms with E-state index < -0.39 is 30.4 Å². The molecule has 1 N–H and O–H groups in total. The second kappa shape index (κ2) is 14.7. The Morgan fingerprint density at radius 2 is 1.68 bits per heavy atom. The zero-order valence-electron chi connectivity index (χ0n) is 19.9. The van der Waals surface area contributed by atoms with Crippen molar-refractivity contribution < 1.29 is 46.8 Å². The lowest BCUT2D eigenvalue weighted by Gasteiger charge is -2.25. The number of hydrogen-bond acceptors (Lipinski definition) is 6. The van der Waals surface area contributed by atoms with Gasteiger partial charge in [-0.15, -0.1) is 0 Å². The van der Waals surface area contributed by atoms with Crippen molar-refractivity contribution in [3.8, 4) is 5.75 Å². The van der Waals surface area contributed by atoms with Gasteiger partial charge in [-0.2, -0.15) is 13.2 Å². The number of aliphatic carboxylic acids is 1. The fourth-order valence-electron chi connectivity index (χ4n) is 2.93. The molecule has 0 radical (unpaired) electrons. The van der Waals surface area contributed by atoms with Gasteiger partial charge >= 0.3 is 18.2 Å². The van der Waals surface area contributed by atoms with Crippen LogP contribution in [-0.2, 0) is 24.6 Å². The molecule has 0 bridgehead atoms. The Labute approximate surface area is 197 Å². The Balaban J connectivity index is 2.63. The number of rotatable bonds is 16. The van der Waals surface area contributed by atoms with Gasteiger partial charge < -0.3 is 29.0 Å². The van der Waals surface area contributed by atoms with Crippen LogP contribution in [0.25, 0.3) is 0 Å². The van der Waals surface area contributed by atoms with E-state index in [0.29, 0.717) is 17.7 Å². The molecule has 0 aromatic heterocycles.